The first kappa shape index (κ1) is 19.6. The zero-order valence-corrected chi connectivity index (χ0v) is 15.4. The second-order valence-corrected chi connectivity index (χ2v) is 9.86. The Labute approximate surface area is 153 Å². The van der Waals surface area contributed by atoms with Gasteiger partial charge in [-0.1, -0.05) is 24.3 Å². The predicted molar refractivity (Wildman–Crippen MR) is 91.7 cm³/mol. The first-order valence-electron chi connectivity index (χ1n) is 7.63. The zero-order valence-electron chi connectivity index (χ0n) is 13.6. The molecule has 142 valence electrons. The van der Waals surface area contributed by atoms with E-state index in [1.807, 2.05) is 0 Å². The number of rotatable bonds is 5. The van der Waals surface area contributed by atoms with E-state index in [1.54, 1.807) is 12.1 Å². The molecule has 2 atom stereocenters. The summed E-state index contributed by atoms with van der Waals surface area (Å²) in [5.41, 5.74) is 0.874. The Bertz CT molecular complexity index is 1020. The summed E-state index contributed by atoms with van der Waals surface area (Å²) in [6.07, 6.45) is 0. The fourth-order valence-electron chi connectivity index (χ4n) is 2.83. The van der Waals surface area contributed by atoms with E-state index >= 15 is 0 Å². The quantitative estimate of drug-likeness (QED) is 0.502. The lowest BCUT2D eigenvalue weighted by molar-refractivity contribution is -0.205. The molecular weight excluding hydrogens is 396 g/mol. The molecule has 1 aliphatic carbocycles. The average molecular weight is 409 g/mol. The summed E-state index contributed by atoms with van der Waals surface area (Å²) >= 11 is 0. The molecule has 2 aromatic rings. The van der Waals surface area contributed by atoms with Gasteiger partial charge in [0.05, 0.1) is 0 Å². The summed E-state index contributed by atoms with van der Waals surface area (Å²) in [6, 6.07) is 10.3. The highest BCUT2D eigenvalue weighted by atomic mass is 31.2. The van der Waals surface area contributed by atoms with E-state index in [0.717, 1.165) is 0 Å². The third kappa shape index (κ3) is 3.80. The molecule has 1 aliphatic rings. The number of nitrogens with one attached hydrogen (secondary N) is 1. The molecule has 0 heterocycles. The summed E-state index contributed by atoms with van der Waals surface area (Å²) in [5.74, 6) is -0.753. The van der Waals surface area contributed by atoms with Crippen molar-refractivity contribution in [3.63, 3.8) is 0 Å². The Balaban J connectivity index is 1.91. The molecular formula is C16H13NO8P2-2. The minimum atomic E-state index is -5.38. The number of hydrogen-bond donors (Lipinski definition) is 3. The van der Waals surface area contributed by atoms with Gasteiger partial charge in [0.2, 0.25) is 0 Å². The molecule has 3 rings (SSSR count). The largest absolute Gasteiger partial charge is 0.778 e. The summed E-state index contributed by atoms with van der Waals surface area (Å²) in [5, 5.41) is -0.00594. The van der Waals surface area contributed by atoms with Crippen molar-refractivity contribution in [3.05, 3.63) is 64.7 Å². The standard InChI is InChI=1S/C16H15NO8P2/c18-15-10-3-1-2-4-11(10)16(19)13-7-9(5-6-12(13)15)17-8-14(26(20,21)22)27(23,24)25/h1-7,14,17H,8H2,(H2,20,21,22)(H2,23,24,25)/p-2. The van der Waals surface area contributed by atoms with Crippen molar-refractivity contribution in [2.75, 3.05) is 11.9 Å². The molecule has 0 aromatic heterocycles. The molecule has 0 fully saturated rings. The Morgan fingerprint density at radius 1 is 0.852 bits per heavy atom. The molecule has 27 heavy (non-hydrogen) atoms. The van der Waals surface area contributed by atoms with Gasteiger partial charge in [0.25, 0.3) is 0 Å². The second kappa shape index (κ2) is 6.80. The minimum absolute atomic E-state index is 0.0730. The van der Waals surface area contributed by atoms with E-state index in [2.05, 4.69) is 5.32 Å². The van der Waals surface area contributed by atoms with Gasteiger partial charge < -0.3 is 34.0 Å². The Hall–Kier alpha value is -2.12. The van der Waals surface area contributed by atoms with Crippen molar-refractivity contribution in [2.24, 2.45) is 0 Å². The maximum absolute atomic E-state index is 12.6. The highest BCUT2D eigenvalue weighted by molar-refractivity contribution is 7.69. The van der Waals surface area contributed by atoms with Gasteiger partial charge in [0.1, 0.15) is 20.6 Å². The van der Waals surface area contributed by atoms with Gasteiger partial charge >= 0.3 is 0 Å². The van der Waals surface area contributed by atoms with Gasteiger partial charge in [0, 0.05) is 34.5 Å². The molecule has 0 saturated carbocycles. The van der Waals surface area contributed by atoms with Crippen molar-refractivity contribution in [3.8, 4) is 0 Å². The summed E-state index contributed by atoms with van der Waals surface area (Å²) in [6.45, 7) is -0.841. The zero-order chi connectivity index (χ0) is 20.0. The number of carbonyl (C=O) groups excluding carboxylic acids is 2. The summed E-state index contributed by atoms with van der Waals surface area (Å²) in [4.78, 5) is 65.5. The topological polar surface area (TPSA) is 167 Å². The van der Waals surface area contributed by atoms with Crippen LogP contribution in [0.2, 0.25) is 0 Å². The van der Waals surface area contributed by atoms with Gasteiger partial charge in [-0.15, -0.1) is 0 Å². The van der Waals surface area contributed by atoms with Gasteiger partial charge in [0.15, 0.2) is 11.6 Å². The molecule has 9 nitrogen and oxygen atoms in total. The van der Waals surface area contributed by atoms with Crippen LogP contribution >= 0.6 is 15.2 Å². The van der Waals surface area contributed by atoms with Crippen LogP contribution in [0.1, 0.15) is 31.8 Å². The number of carbonyl (C=O) groups is 2. The molecule has 3 N–H and O–H groups in total. The smallest absolute Gasteiger partial charge is 0.194 e. The summed E-state index contributed by atoms with van der Waals surface area (Å²) < 4.78 is 22.4. The lowest BCUT2D eigenvalue weighted by atomic mass is 9.84. The van der Waals surface area contributed by atoms with E-state index in [0.29, 0.717) is 0 Å². The molecule has 0 radical (unpaired) electrons. The third-order valence-electron chi connectivity index (χ3n) is 4.17. The van der Waals surface area contributed by atoms with Gasteiger partial charge in [-0.25, -0.2) is 0 Å². The monoisotopic (exact) mass is 409 g/mol. The predicted octanol–water partition coefficient (Wildman–Crippen LogP) is 0.291. The van der Waals surface area contributed by atoms with Crippen molar-refractivity contribution in [1.29, 1.82) is 0 Å². The van der Waals surface area contributed by atoms with Crippen LogP contribution in [0.5, 0.6) is 0 Å². The van der Waals surface area contributed by atoms with Crippen LogP contribution in [-0.4, -0.2) is 33.3 Å². The number of benzene rings is 2. The highest BCUT2D eigenvalue weighted by Crippen LogP contribution is 2.54. The number of hydrogen-bond acceptors (Lipinski definition) is 7. The normalized spacial score (nSPS) is 18.7. The molecule has 0 bridgehead atoms. The molecule has 0 spiro atoms. The average Bonchev–Trinajstić information content (AvgIpc) is 2.57. The molecule has 0 amide bonds. The molecule has 2 aromatic carbocycles. The third-order valence-corrected chi connectivity index (χ3v) is 7.79. The van der Waals surface area contributed by atoms with Crippen LogP contribution < -0.4 is 15.1 Å². The fraction of sp³-hybridized carbons (Fsp3) is 0.125. The Morgan fingerprint density at radius 3 is 1.85 bits per heavy atom. The fourth-order valence-corrected chi connectivity index (χ4v) is 4.95. The van der Waals surface area contributed by atoms with Gasteiger partial charge in [-0.3, -0.25) is 9.59 Å². The maximum atomic E-state index is 12.6. The first-order valence-corrected chi connectivity index (χ1v) is 10.9. The van der Waals surface area contributed by atoms with E-state index < -0.39 is 32.9 Å². The number of anilines is 1. The van der Waals surface area contributed by atoms with Crippen molar-refractivity contribution in [2.45, 2.75) is 5.40 Å². The first-order chi connectivity index (χ1) is 12.5. The van der Waals surface area contributed by atoms with E-state index in [-0.39, 0.29) is 33.7 Å². The van der Waals surface area contributed by atoms with E-state index in [9.17, 15) is 28.5 Å². The van der Waals surface area contributed by atoms with E-state index in [1.165, 1.54) is 30.3 Å². The summed E-state index contributed by atoms with van der Waals surface area (Å²) in [7, 11) is -10.8. The molecule has 0 saturated heterocycles. The van der Waals surface area contributed by atoms with Crippen LogP contribution in [0.3, 0.4) is 0 Å². The van der Waals surface area contributed by atoms with Crippen molar-refractivity contribution >= 4 is 32.4 Å². The Morgan fingerprint density at radius 2 is 1.33 bits per heavy atom. The maximum Gasteiger partial charge on any atom is 0.194 e. The van der Waals surface area contributed by atoms with Crippen molar-refractivity contribution in [1.82, 2.24) is 0 Å². The van der Waals surface area contributed by atoms with Gasteiger partial charge in [-0.05, 0) is 18.2 Å². The van der Waals surface area contributed by atoms with Crippen LogP contribution in [0.25, 0.3) is 0 Å². The number of ketones is 2. The lowest BCUT2D eigenvalue weighted by Crippen LogP contribution is -2.29. The number of fused-ring (bicyclic) bond motifs is 2. The second-order valence-electron chi connectivity index (χ2n) is 5.95. The molecule has 2 unspecified atom stereocenters. The van der Waals surface area contributed by atoms with Crippen LogP contribution in [0.15, 0.2) is 42.5 Å². The lowest BCUT2D eigenvalue weighted by Gasteiger charge is -2.34. The van der Waals surface area contributed by atoms with E-state index in [4.69, 9.17) is 9.79 Å². The molecule has 11 heteroatoms. The van der Waals surface area contributed by atoms with Gasteiger partial charge in [-0.2, -0.15) is 0 Å². The van der Waals surface area contributed by atoms with Crippen LogP contribution in [-0.2, 0) is 9.13 Å². The molecule has 0 aliphatic heterocycles. The Kier molecular flexibility index (Phi) is 4.94. The van der Waals surface area contributed by atoms with Crippen LogP contribution in [0, 0.1) is 0 Å². The SMILES string of the molecule is O=C1c2ccccc2C(=O)c2cc(NCC(P(=O)([O-])O)P(=O)([O-])O)ccc21. The van der Waals surface area contributed by atoms with Crippen LogP contribution in [0.4, 0.5) is 5.69 Å². The minimum Gasteiger partial charge on any atom is -0.778 e. The van der Waals surface area contributed by atoms with Crippen molar-refractivity contribution < 1.29 is 38.3 Å². The highest BCUT2D eigenvalue weighted by Gasteiger charge is 2.31.